The molecule has 140 valence electrons. The monoisotopic (exact) mass is 342 g/mol. The van der Waals surface area contributed by atoms with Gasteiger partial charge in [0.05, 0.1) is 13.2 Å². The van der Waals surface area contributed by atoms with Crippen LogP contribution in [-0.2, 0) is 14.3 Å². The number of hydrogen-bond donors (Lipinski definition) is 2. The number of rotatable bonds is 16. The molecule has 0 rings (SSSR count). The van der Waals surface area contributed by atoms with E-state index >= 15 is 0 Å². The smallest absolute Gasteiger partial charge is 0.329 e. The number of aliphatic carboxylic acids is 1. The van der Waals surface area contributed by atoms with Crippen LogP contribution in [0.15, 0.2) is 0 Å². The summed E-state index contributed by atoms with van der Waals surface area (Å²) in [4.78, 5) is 10.5. The molecular formula is C19H34O5. The molecule has 0 aromatic carbocycles. The normalized spacial score (nSPS) is 11.8. The summed E-state index contributed by atoms with van der Waals surface area (Å²) < 4.78 is 10.1. The van der Waals surface area contributed by atoms with E-state index in [1.54, 1.807) is 0 Å². The van der Waals surface area contributed by atoms with Crippen LogP contribution < -0.4 is 0 Å². The van der Waals surface area contributed by atoms with Gasteiger partial charge < -0.3 is 19.7 Å². The van der Waals surface area contributed by atoms with E-state index in [4.69, 9.17) is 19.7 Å². The average molecular weight is 342 g/mol. The molecule has 0 aromatic heterocycles. The van der Waals surface area contributed by atoms with Crippen molar-refractivity contribution in [3.05, 3.63) is 0 Å². The van der Waals surface area contributed by atoms with Crippen molar-refractivity contribution in [2.45, 2.75) is 83.8 Å². The molecule has 5 heteroatoms. The first kappa shape index (κ1) is 22.9. The summed E-state index contributed by atoms with van der Waals surface area (Å²) >= 11 is 0. The second kappa shape index (κ2) is 18.3. The second-order valence-electron chi connectivity index (χ2n) is 5.88. The molecule has 24 heavy (non-hydrogen) atoms. The summed E-state index contributed by atoms with van der Waals surface area (Å²) in [6, 6.07) is 0. The molecule has 0 bridgehead atoms. The van der Waals surface area contributed by atoms with Crippen LogP contribution in [0.2, 0.25) is 0 Å². The number of carbonyl (C=O) groups is 1. The number of carboxylic acids is 1. The standard InChI is InChI=1S/C19H34O5/c1-2-3-4-5-6-7-8-9-10-11-12-13-14-19(23-16-15-20)24-17-18(21)22/h19-20H,2-12,15-17H2,1H3,(H,21,22). The van der Waals surface area contributed by atoms with Crippen molar-refractivity contribution >= 4 is 5.97 Å². The van der Waals surface area contributed by atoms with Crippen LogP contribution in [0.3, 0.4) is 0 Å². The molecule has 0 aliphatic rings. The van der Waals surface area contributed by atoms with Gasteiger partial charge in [-0.2, -0.15) is 0 Å². The molecule has 5 nitrogen and oxygen atoms in total. The van der Waals surface area contributed by atoms with Crippen LogP contribution in [0.25, 0.3) is 0 Å². The van der Waals surface area contributed by atoms with E-state index in [1.807, 2.05) is 0 Å². The molecule has 0 heterocycles. The number of hydrogen-bond acceptors (Lipinski definition) is 4. The molecule has 0 amide bonds. The Labute approximate surface area is 146 Å². The highest BCUT2D eigenvalue weighted by atomic mass is 16.7. The summed E-state index contributed by atoms with van der Waals surface area (Å²) in [5.74, 6) is 4.67. The Morgan fingerprint density at radius 1 is 0.958 bits per heavy atom. The first-order valence-electron chi connectivity index (χ1n) is 9.25. The predicted octanol–water partition coefficient (Wildman–Crippen LogP) is 3.74. The third-order valence-electron chi connectivity index (χ3n) is 3.59. The van der Waals surface area contributed by atoms with Gasteiger partial charge in [-0.25, -0.2) is 4.79 Å². The summed E-state index contributed by atoms with van der Waals surface area (Å²) in [5, 5.41) is 17.3. The van der Waals surface area contributed by atoms with Gasteiger partial charge in [0, 0.05) is 6.42 Å². The number of unbranched alkanes of at least 4 members (excludes halogenated alkanes) is 10. The lowest BCUT2D eigenvalue weighted by atomic mass is 10.1. The summed E-state index contributed by atoms with van der Waals surface area (Å²) in [5.41, 5.74) is 0. The zero-order valence-corrected chi connectivity index (χ0v) is 15.1. The lowest BCUT2D eigenvalue weighted by molar-refractivity contribution is -0.156. The average Bonchev–Trinajstić information content (AvgIpc) is 2.57. The van der Waals surface area contributed by atoms with Crippen LogP contribution in [0, 0.1) is 11.8 Å². The highest BCUT2D eigenvalue weighted by Crippen LogP contribution is 2.11. The maximum absolute atomic E-state index is 10.5. The van der Waals surface area contributed by atoms with Gasteiger partial charge in [0.15, 0.2) is 0 Å². The molecule has 1 unspecified atom stereocenters. The van der Waals surface area contributed by atoms with E-state index < -0.39 is 18.9 Å². The molecule has 0 saturated carbocycles. The highest BCUT2D eigenvalue weighted by Gasteiger charge is 2.07. The SMILES string of the molecule is CCCCCCCCCCCCC#CC(OCCO)OCC(=O)O. The summed E-state index contributed by atoms with van der Waals surface area (Å²) in [6.07, 6.45) is 12.7. The van der Waals surface area contributed by atoms with E-state index in [0.29, 0.717) is 0 Å². The number of aliphatic hydroxyl groups is 1. The minimum Gasteiger partial charge on any atom is -0.480 e. The fourth-order valence-corrected chi connectivity index (χ4v) is 2.29. The quantitative estimate of drug-likeness (QED) is 0.254. The molecule has 0 radical (unpaired) electrons. The molecule has 0 saturated heterocycles. The Morgan fingerprint density at radius 2 is 1.54 bits per heavy atom. The Hall–Kier alpha value is -1.09. The van der Waals surface area contributed by atoms with Crippen LogP contribution in [0.1, 0.15) is 77.6 Å². The van der Waals surface area contributed by atoms with Gasteiger partial charge in [-0.05, 0) is 12.3 Å². The molecule has 1 atom stereocenters. The number of aliphatic hydroxyl groups excluding tert-OH is 1. The maximum Gasteiger partial charge on any atom is 0.329 e. The van der Waals surface area contributed by atoms with Crippen LogP contribution >= 0.6 is 0 Å². The van der Waals surface area contributed by atoms with Gasteiger partial charge in [0.2, 0.25) is 6.29 Å². The Balaban J connectivity index is 3.61. The molecule has 0 aliphatic heterocycles. The lowest BCUT2D eigenvalue weighted by Gasteiger charge is -2.10. The van der Waals surface area contributed by atoms with E-state index in [0.717, 1.165) is 12.8 Å². The highest BCUT2D eigenvalue weighted by molar-refractivity contribution is 5.68. The topological polar surface area (TPSA) is 76.0 Å². The largest absolute Gasteiger partial charge is 0.480 e. The number of ether oxygens (including phenoxy) is 2. The van der Waals surface area contributed by atoms with Crippen molar-refractivity contribution in [3.8, 4) is 11.8 Å². The fraction of sp³-hybridized carbons (Fsp3) is 0.842. The van der Waals surface area contributed by atoms with Gasteiger partial charge in [-0.3, -0.25) is 0 Å². The van der Waals surface area contributed by atoms with E-state index in [1.165, 1.54) is 57.8 Å². The molecule has 2 N–H and O–H groups in total. The van der Waals surface area contributed by atoms with Crippen molar-refractivity contribution in [2.75, 3.05) is 19.8 Å². The van der Waals surface area contributed by atoms with Crippen molar-refractivity contribution in [2.24, 2.45) is 0 Å². The maximum atomic E-state index is 10.5. The Kier molecular flexibility index (Phi) is 17.4. The van der Waals surface area contributed by atoms with E-state index in [-0.39, 0.29) is 13.2 Å². The fourth-order valence-electron chi connectivity index (χ4n) is 2.29. The first-order chi connectivity index (χ1) is 11.7. The van der Waals surface area contributed by atoms with Crippen LogP contribution in [0.5, 0.6) is 0 Å². The molecule has 0 fully saturated rings. The predicted molar refractivity (Wildman–Crippen MR) is 94.7 cm³/mol. The summed E-state index contributed by atoms with van der Waals surface area (Å²) in [7, 11) is 0. The second-order valence-corrected chi connectivity index (χ2v) is 5.88. The zero-order chi connectivity index (χ0) is 17.9. The Bertz CT molecular complexity index is 345. The van der Waals surface area contributed by atoms with E-state index in [9.17, 15) is 4.79 Å². The third-order valence-corrected chi connectivity index (χ3v) is 3.59. The minimum absolute atomic E-state index is 0.0806. The van der Waals surface area contributed by atoms with E-state index in [2.05, 4.69) is 18.8 Å². The van der Waals surface area contributed by atoms with Crippen molar-refractivity contribution in [1.82, 2.24) is 0 Å². The summed E-state index contributed by atoms with van der Waals surface area (Å²) in [6.45, 7) is 1.72. The molecular weight excluding hydrogens is 308 g/mol. The lowest BCUT2D eigenvalue weighted by Crippen LogP contribution is -2.21. The molecule has 0 spiro atoms. The van der Waals surface area contributed by atoms with Crippen LogP contribution in [-0.4, -0.2) is 42.3 Å². The Morgan fingerprint density at radius 3 is 2.08 bits per heavy atom. The van der Waals surface area contributed by atoms with Gasteiger partial charge in [-0.1, -0.05) is 70.6 Å². The van der Waals surface area contributed by atoms with Crippen molar-refractivity contribution < 1.29 is 24.5 Å². The third kappa shape index (κ3) is 17.3. The first-order valence-corrected chi connectivity index (χ1v) is 9.25. The van der Waals surface area contributed by atoms with Crippen molar-refractivity contribution in [3.63, 3.8) is 0 Å². The molecule has 0 aliphatic carbocycles. The van der Waals surface area contributed by atoms with Crippen molar-refractivity contribution in [1.29, 1.82) is 0 Å². The van der Waals surface area contributed by atoms with Gasteiger partial charge in [0.25, 0.3) is 0 Å². The van der Waals surface area contributed by atoms with Gasteiger partial charge >= 0.3 is 5.97 Å². The van der Waals surface area contributed by atoms with Crippen LogP contribution in [0.4, 0.5) is 0 Å². The number of carboxylic acid groups (broad SMARTS) is 1. The zero-order valence-electron chi connectivity index (χ0n) is 15.1. The van der Waals surface area contributed by atoms with Gasteiger partial charge in [0.1, 0.15) is 6.61 Å². The minimum atomic E-state index is -1.07. The molecule has 0 aromatic rings. The van der Waals surface area contributed by atoms with Gasteiger partial charge in [-0.15, -0.1) is 0 Å².